The smallest absolute Gasteiger partial charge is 0.297 e. The SMILES string of the molecule is C#C[Si]F. The van der Waals surface area contributed by atoms with Gasteiger partial charge >= 0.3 is 9.85 Å². The third-order valence-electron chi connectivity index (χ3n) is 0.0546. The molecule has 4 heavy (non-hydrogen) atoms. The van der Waals surface area contributed by atoms with Crippen LogP contribution in [-0.4, -0.2) is 9.85 Å². The fourth-order valence-corrected chi connectivity index (χ4v) is 0. The van der Waals surface area contributed by atoms with Crippen LogP contribution >= 0.6 is 0 Å². The predicted octanol–water partition coefficient (Wildman–Crippen LogP) is 0.166. The van der Waals surface area contributed by atoms with E-state index in [-0.39, 0.29) is 0 Å². The van der Waals surface area contributed by atoms with E-state index in [1.165, 1.54) is 0 Å². The fourth-order valence-electron chi connectivity index (χ4n) is 0. The van der Waals surface area contributed by atoms with E-state index < -0.39 is 9.85 Å². The predicted molar refractivity (Wildman–Crippen MR) is 15.7 cm³/mol. The van der Waals surface area contributed by atoms with Crippen molar-refractivity contribution in [3.05, 3.63) is 0 Å². The molecular weight excluding hydrogens is 71.1 g/mol. The van der Waals surface area contributed by atoms with Crippen molar-refractivity contribution in [2.24, 2.45) is 0 Å². The maximum Gasteiger partial charge on any atom is 0.393 e. The van der Waals surface area contributed by atoms with E-state index in [1.54, 1.807) is 5.54 Å². The number of hydrogen-bond donors (Lipinski definition) is 0. The molecule has 0 rings (SSSR count). The van der Waals surface area contributed by atoms with Crippen molar-refractivity contribution in [1.82, 2.24) is 0 Å². The standard InChI is InChI=1S/C2HFSi/c1-2-4-3/h1H. The molecule has 0 aliphatic heterocycles. The van der Waals surface area contributed by atoms with E-state index in [0.717, 1.165) is 0 Å². The van der Waals surface area contributed by atoms with Gasteiger partial charge in [-0.1, -0.05) is 5.54 Å². The molecule has 0 saturated heterocycles. The molecule has 0 aromatic rings. The first-order valence-electron chi connectivity index (χ1n) is 0.728. The van der Waals surface area contributed by atoms with E-state index >= 15 is 0 Å². The summed E-state index contributed by atoms with van der Waals surface area (Å²) in [5.74, 6) is 0. The summed E-state index contributed by atoms with van der Waals surface area (Å²) in [6.07, 6.45) is 4.42. The Bertz CT molecular complexity index is 35.8. The van der Waals surface area contributed by atoms with Gasteiger partial charge < -0.3 is 0 Å². The highest BCUT2D eigenvalue weighted by Crippen LogP contribution is 1.44. The molecule has 0 aliphatic rings. The third-order valence-corrected chi connectivity index (χ3v) is 0.164. The minimum absolute atomic E-state index is 0.832. The van der Waals surface area contributed by atoms with Crippen molar-refractivity contribution in [3.63, 3.8) is 0 Å². The van der Waals surface area contributed by atoms with Gasteiger partial charge in [0.2, 0.25) is 0 Å². The van der Waals surface area contributed by atoms with E-state index in [9.17, 15) is 4.11 Å². The second-order valence-corrected chi connectivity index (χ2v) is 0.716. The second-order valence-electron chi connectivity index (χ2n) is 0.239. The van der Waals surface area contributed by atoms with Gasteiger partial charge in [-0.2, -0.15) is 0 Å². The van der Waals surface area contributed by atoms with Crippen molar-refractivity contribution in [1.29, 1.82) is 0 Å². The summed E-state index contributed by atoms with van der Waals surface area (Å²) in [7, 11) is -0.832. The second kappa shape index (κ2) is 2.71. The van der Waals surface area contributed by atoms with Crippen LogP contribution in [0, 0.1) is 12.0 Å². The van der Waals surface area contributed by atoms with Gasteiger partial charge in [0.15, 0.2) is 0 Å². The largest absolute Gasteiger partial charge is 0.393 e. The molecule has 0 aliphatic carbocycles. The van der Waals surface area contributed by atoms with Crippen LogP contribution < -0.4 is 0 Å². The monoisotopic (exact) mass is 72.0 g/mol. The van der Waals surface area contributed by atoms with Crippen molar-refractivity contribution >= 4 is 9.85 Å². The normalized spacial score (nSPS) is 5.00. The van der Waals surface area contributed by atoms with Crippen LogP contribution in [-0.2, 0) is 0 Å². The van der Waals surface area contributed by atoms with Gasteiger partial charge in [-0.05, 0) is 0 Å². The fraction of sp³-hybridized carbons (Fsp3) is 0. The molecule has 0 fully saturated rings. The average Bonchev–Trinajstić information content (AvgIpc) is 1.37. The zero-order valence-electron chi connectivity index (χ0n) is 1.96. The molecule has 0 N–H and O–H groups in total. The van der Waals surface area contributed by atoms with Crippen LogP contribution in [0.4, 0.5) is 4.11 Å². The van der Waals surface area contributed by atoms with Crippen LogP contribution in [0.1, 0.15) is 0 Å². The first-order valence-corrected chi connectivity index (χ1v) is 1.61. The molecule has 0 spiro atoms. The summed E-state index contributed by atoms with van der Waals surface area (Å²) in [6.45, 7) is 0. The molecule has 0 atom stereocenters. The molecule has 0 nitrogen and oxygen atoms in total. The van der Waals surface area contributed by atoms with Gasteiger partial charge in [0.25, 0.3) is 0 Å². The maximum atomic E-state index is 10.5. The van der Waals surface area contributed by atoms with E-state index in [4.69, 9.17) is 0 Å². The zero-order valence-corrected chi connectivity index (χ0v) is 2.96. The lowest BCUT2D eigenvalue weighted by Gasteiger charge is -1.42. The molecule has 2 heteroatoms. The molecule has 0 unspecified atom stereocenters. The Morgan fingerprint density at radius 2 is 2.25 bits per heavy atom. The number of rotatable bonds is 0. The summed E-state index contributed by atoms with van der Waals surface area (Å²) in [6, 6.07) is 0. The van der Waals surface area contributed by atoms with Gasteiger partial charge in [0.1, 0.15) is 0 Å². The first kappa shape index (κ1) is 3.71. The van der Waals surface area contributed by atoms with Crippen LogP contribution in [0.2, 0.25) is 0 Å². The van der Waals surface area contributed by atoms with Gasteiger partial charge in [-0.3, -0.25) is 4.11 Å². The highest BCUT2D eigenvalue weighted by Gasteiger charge is 1.59. The quantitative estimate of drug-likeness (QED) is 0.217. The topological polar surface area (TPSA) is 0 Å². The molecule has 0 amide bonds. The highest BCUT2D eigenvalue weighted by atomic mass is 28.3. The summed E-state index contributed by atoms with van der Waals surface area (Å²) in [5.41, 5.74) is 1.79. The molecule has 0 saturated carbocycles. The Morgan fingerprint density at radius 3 is 2.25 bits per heavy atom. The van der Waals surface area contributed by atoms with Crippen LogP contribution in [0.25, 0.3) is 0 Å². The Labute approximate surface area is 27.0 Å². The van der Waals surface area contributed by atoms with E-state index in [1.807, 2.05) is 0 Å². The van der Waals surface area contributed by atoms with Gasteiger partial charge in [-0.25, -0.2) is 0 Å². The Kier molecular flexibility index (Phi) is 2.51. The number of hydrogen-bond acceptors (Lipinski definition) is 0. The van der Waals surface area contributed by atoms with Gasteiger partial charge in [-0.15, -0.1) is 6.42 Å². The molecule has 20 valence electrons. The van der Waals surface area contributed by atoms with Crippen molar-refractivity contribution in [2.75, 3.05) is 0 Å². The summed E-state index contributed by atoms with van der Waals surface area (Å²) < 4.78 is 10.5. The summed E-state index contributed by atoms with van der Waals surface area (Å²) in [4.78, 5) is 0. The molecular formula is C2HFSi. The van der Waals surface area contributed by atoms with Crippen molar-refractivity contribution in [2.45, 2.75) is 0 Å². The minimum atomic E-state index is -0.832. The van der Waals surface area contributed by atoms with E-state index in [0.29, 0.717) is 0 Å². The third kappa shape index (κ3) is 1.71. The van der Waals surface area contributed by atoms with Gasteiger partial charge in [0, 0.05) is 0 Å². The summed E-state index contributed by atoms with van der Waals surface area (Å²) >= 11 is 0. The lowest BCUT2D eigenvalue weighted by molar-refractivity contribution is 0.887. The molecule has 2 radical (unpaired) electrons. The van der Waals surface area contributed by atoms with Crippen LogP contribution in [0.3, 0.4) is 0 Å². The van der Waals surface area contributed by atoms with Gasteiger partial charge in [0.05, 0.1) is 0 Å². The lowest BCUT2D eigenvalue weighted by Crippen LogP contribution is -1.60. The summed E-state index contributed by atoms with van der Waals surface area (Å²) in [5, 5.41) is 0. The molecule has 0 bridgehead atoms. The lowest BCUT2D eigenvalue weighted by atomic mass is 11.4. The van der Waals surface area contributed by atoms with Crippen LogP contribution in [0.5, 0.6) is 0 Å². The highest BCUT2D eigenvalue weighted by molar-refractivity contribution is 6.37. The van der Waals surface area contributed by atoms with Crippen molar-refractivity contribution < 1.29 is 4.11 Å². The minimum Gasteiger partial charge on any atom is -0.297 e. The van der Waals surface area contributed by atoms with E-state index in [2.05, 4.69) is 6.42 Å². The Morgan fingerprint density at radius 1 is 2.00 bits per heavy atom. The molecule has 0 heterocycles. The average molecular weight is 72.1 g/mol. The van der Waals surface area contributed by atoms with Crippen molar-refractivity contribution in [3.8, 4) is 12.0 Å². The number of halogens is 1. The first-order chi connectivity index (χ1) is 1.91. The molecule has 0 aromatic heterocycles. The maximum absolute atomic E-state index is 10.5. The van der Waals surface area contributed by atoms with Crippen LogP contribution in [0.15, 0.2) is 0 Å². The Hall–Kier alpha value is -0.293. The number of terminal acetylenes is 1. The Balaban J connectivity index is 2.43. The molecule has 0 aromatic carbocycles. The zero-order chi connectivity index (χ0) is 3.41.